The van der Waals surface area contributed by atoms with Crippen LogP contribution in [-0.4, -0.2) is 25.4 Å². The van der Waals surface area contributed by atoms with E-state index in [1.807, 2.05) is 13.8 Å². The first-order valence-corrected chi connectivity index (χ1v) is 5.73. The minimum absolute atomic E-state index is 0.120. The van der Waals surface area contributed by atoms with Crippen LogP contribution in [0.15, 0.2) is 18.2 Å². The van der Waals surface area contributed by atoms with Gasteiger partial charge in [0.05, 0.1) is 13.7 Å². The number of methoxy groups -OCH3 is 1. The lowest BCUT2D eigenvalue weighted by atomic mass is 9.88. The van der Waals surface area contributed by atoms with Crippen LogP contribution in [0.5, 0.6) is 5.75 Å². The van der Waals surface area contributed by atoms with Gasteiger partial charge in [-0.05, 0) is 18.6 Å². The van der Waals surface area contributed by atoms with E-state index in [4.69, 9.17) is 4.74 Å². The van der Waals surface area contributed by atoms with Crippen LogP contribution in [0, 0.1) is 11.2 Å². The van der Waals surface area contributed by atoms with E-state index in [0.717, 1.165) is 12.1 Å². The first-order valence-electron chi connectivity index (χ1n) is 5.73. The third-order valence-corrected chi connectivity index (χ3v) is 3.11. The summed E-state index contributed by atoms with van der Waals surface area (Å²) in [5, 5.41) is 12.5. The third-order valence-electron chi connectivity index (χ3n) is 3.11. The number of hydrogen-bond acceptors (Lipinski definition) is 3. The molecule has 0 radical (unpaired) electrons. The van der Waals surface area contributed by atoms with Crippen LogP contribution in [0.2, 0.25) is 0 Å². The zero-order valence-electron chi connectivity index (χ0n) is 10.6. The number of halogens is 1. The summed E-state index contributed by atoms with van der Waals surface area (Å²) in [7, 11) is 1.44. The molecule has 0 saturated carbocycles. The number of hydrogen-bond donors (Lipinski definition) is 2. The van der Waals surface area contributed by atoms with E-state index in [9.17, 15) is 9.50 Å². The molecule has 17 heavy (non-hydrogen) atoms. The van der Waals surface area contributed by atoms with E-state index in [-0.39, 0.29) is 23.6 Å². The van der Waals surface area contributed by atoms with Gasteiger partial charge in [0.25, 0.3) is 0 Å². The Hall–Kier alpha value is -1.29. The Morgan fingerprint density at radius 3 is 2.71 bits per heavy atom. The monoisotopic (exact) mass is 241 g/mol. The van der Waals surface area contributed by atoms with Crippen LogP contribution in [0.25, 0.3) is 0 Å². The lowest BCUT2D eigenvalue weighted by molar-refractivity contribution is 0.149. The second-order valence-electron chi connectivity index (χ2n) is 4.53. The highest BCUT2D eigenvalue weighted by Crippen LogP contribution is 2.24. The van der Waals surface area contributed by atoms with Crippen LogP contribution in [-0.2, 0) is 0 Å². The predicted molar refractivity (Wildman–Crippen MR) is 66.9 cm³/mol. The van der Waals surface area contributed by atoms with Gasteiger partial charge in [-0.15, -0.1) is 0 Å². The van der Waals surface area contributed by atoms with Crippen molar-refractivity contribution in [3.05, 3.63) is 24.0 Å². The van der Waals surface area contributed by atoms with Gasteiger partial charge in [-0.25, -0.2) is 4.39 Å². The molecule has 0 amide bonds. The quantitative estimate of drug-likeness (QED) is 0.804. The van der Waals surface area contributed by atoms with Crippen molar-refractivity contribution < 1.29 is 14.2 Å². The van der Waals surface area contributed by atoms with Crippen LogP contribution < -0.4 is 10.1 Å². The Balaban J connectivity index is 2.69. The number of ether oxygens (including phenoxy) is 1. The number of anilines is 1. The van der Waals surface area contributed by atoms with Gasteiger partial charge in [-0.2, -0.15) is 0 Å². The molecule has 1 unspecified atom stereocenters. The van der Waals surface area contributed by atoms with Gasteiger partial charge in [-0.3, -0.25) is 0 Å². The molecule has 3 nitrogen and oxygen atoms in total. The topological polar surface area (TPSA) is 41.5 Å². The van der Waals surface area contributed by atoms with Crippen molar-refractivity contribution in [3.8, 4) is 5.75 Å². The van der Waals surface area contributed by atoms with Crippen LogP contribution in [0.1, 0.15) is 20.3 Å². The molecule has 0 spiro atoms. The summed E-state index contributed by atoms with van der Waals surface area (Å²) in [6.45, 7) is 4.79. The smallest absolute Gasteiger partial charge is 0.165 e. The van der Waals surface area contributed by atoms with Gasteiger partial charge in [0.2, 0.25) is 0 Å². The fraction of sp³-hybridized carbons (Fsp3) is 0.538. The SMILES string of the molecule is CCC(C)(CO)CNc1ccc(F)c(OC)c1. The van der Waals surface area contributed by atoms with Crippen molar-refractivity contribution in [1.82, 2.24) is 0 Å². The zero-order valence-corrected chi connectivity index (χ0v) is 10.6. The fourth-order valence-electron chi connectivity index (χ4n) is 1.38. The van der Waals surface area contributed by atoms with Crippen molar-refractivity contribution in [2.75, 3.05) is 25.6 Å². The molecule has 0 fully saturated rings. The number of nitrogens with one attached hydrogen (secondary N) is 1. The highest BCUT2D eigenvalue weighted by molar-refractivity contribution is 5.48. The van der Waals surface area contributed by atoms with Gasteiger partial charge < -0.3 is 15.2 Å². The largest absolute Gasteiger partial charge is 0.494 e. The Morgan fingerprint density at radius 2 is 2.18 bits per heavy atom. The molecule has 1 rings (SSSR count). The average Bonchev–Trinajstić information content (AvgIpc) is 2.37. The van der Waals surface area contributed by atoms with E-state index >= 15 is 0 Å². The highest BCUT2D eigenvalue weighted by atomic mass is 19.1. The molecular formula is C13H20FNO2. The molecule has 0 aliphatic heterocycles. The number of aliphatic hydroxyl groups excluding tert-OH is 1. The Labute approximate surface area is 102 Å². The maximum Gasteiger partial charge on any atom is 0.165 e. The standard InChI is InChI=1S/C13H20FNO2/c1-4-13(2,9-16)8-15-10-5-6-11(14)12(7-10)17-3/h5-7,15-16H,4,8-9H2,1-3H3. The van der Waals surface area contributed by atoms with E-state index in [1.165, 1.54) is 13.2 Å². The molecule has 0 aromatic heterocycles. The summed E-state index contributed by atoms with van der Waals surface area (Å²) in [5.74, 6) is -0.157. The lowest BCUT2D eigenvalue weighted by Crippen LogP contribution is -2.29. The summed E-state index contributed by atoms with van der Waals surface area (Å²) in [6.07, 6.45) is 0.870. The van der Waals surface area contributed by atoms with E-state index in [0.29, 0.717) is 6.54 Å². The minimum Gasteiger partial charge on any atom is -0.494 e. The molecule has 1 atom stereocenters. The van der Waals surface area contributed by atoms with Crippen molar-refractivity contribution in [3.63, 3.8) is 0 Å². The molecule has 0 aliphatic carbocycles. The van der Waals surface area contributed by atoms with Gasteiger partial charge >= 0.3 is 0 Å². The van der Waals surface area contributed by atoms with Gasteiger partial charge in [0.15, 0.2) is 11.6 Å². The molecule has 4 heteroatoms. The summed E-state index contributed by atoms with van der Waals surface area (Å²) < 4.78 is 18.1. The summed E-state index contributed by atoms with van der Waals surface area (Å²) in [6, 6.07) is 4.64. The molecule has 1 aromatic carbocycles. The number of rotatable bonds is 6. The molecule has 0 saturated heterocycles. The van der Waals surface area contributed by atoms with Crippen molar-refractivity contribution in [2.45, 2.75) is 20.3 Å². The normalized spacial score (nSPS) is 14.2. The Morgan fingerprint density at radius 1 is 1.47 bits per heavy atom. The van der Waals surface area contributed by atoms with Gasteiger partial charge in [0.1, 0.15) is 0 Å². The van der Waals surface area contributed by atoms with E-state index in [1.54, 1.807) is 12.1 Å². The van der Waals surface area contributed by atoms with Crippen LogP contribution >= 0.6 is 0 Å². The number of benzene rings is 1. The molecule has 0 bridgehead atoms. The van der Waals surface area contributed by atoms with Crippen molar-refractivity contribution in [1.29, 1.82) is 0 Å². The Kier molecular flexibility index (Phi) is 4.75. The molecule has 0 heterocycles. The molecule has 96 valence electrons. The third kappa shape index (κ3) is 3.60. The summed E-state index contributed by atoms with van der Waals surface area (Å²) >= 11 is 0. The minimum atomic E-state index is -0.376. The first kappa shape index (κ1) is 13.8. The molecular weight excluding hydrogens is 221 g/mol. The van der Waals surface area contributed by atoms with Gasteiger partial charge in [-0.1, -0.05) is 13.8 Å². The maximum atomic E-state index is 13.2. The van der Waals surface area contributed by atoms with Crippen molar-refractivity contribution in [2.24, 2.45) is 5.41 Å². The summed E-state index contributed by atoms with van der Waals surface area (Å²) in [4.78, 5) is 0. The second-order valence-corrected chi connectivity index (χ2v) is 4.53. The van der Waals surface area contributed by atoms with E-state index in [2.05, 4.69) is 5.32 Å². The second kappa shape index (κ2) is 5.87. The van der Waals surface area contributed by atoms with Crippen molar-refractivity contribution >= 4 is 5.69 Å². The maximum absolute atomic E-state index is 13.2. The molecule has 2 N–H and O–H groups in total. The fourth-order valence-corrected chi connectivity index (χ4v) is 1.38. The van der Waals surface area contributed by atoms with E-state index < -0.39 is 0 Å². The van der Waals surface area contributed by atoms with Crippen LogP contribution in [0.4, 0.5) is 10.1 Å². The highest BCUT2D eigenvalue weighted by Gasteiger charge is 2.20. The summed E-state index contributed by atoms with van der Waals surface area (Å²) in [5.41, 5.74) is 0.623. The number of aliphatic hydroxyl groups is 1. The van der Waals surface area contributed by atoms with Crippen LogP contribution in [0.3, 0.4) is 0 Å². The zero-order chi connectivity index (χ0) is 12.9. The predicted octanol–water partition coefficient (Wildman–Crippen LogP) is 2.65. The molecule has 0 aliphatic rings. The van der Waals surface area contributed by atoms with Gasteiger partial charge in [0, 0.05) is 23.7 Å². The molecule has 1 aromatic rings. The first-order chi connectivity index (χ1) is 8.04. The lowest BCUT2D eigenvalue weighted by Gasteiger charge is -2.26. The Bertz CT molecular complexity index is 364. The average molecular weight is 241 g/mol.